The molecule has 0 bridgehead atoms. The van der Waals surface area contributed by atoms with Gasteiger partial charge in [0.25, 0.3) is 0 Å². The molecule has 0 saturated carbocycles. The molecule has 31 heavy (non-hydrogen) atoms. The average molecular weight is 433 g/mol. The first-order valence-corrected chi connectivity index (χ1v) is 9.86. The summed E-state index contributed by atoms with van der Waals surface area (Å²) in [5.41, 5.74) is 1.70. The second-order valence-electron chi connectivity index (χ2n) is 7.68. The average Bonchev–Trinajstić information content (AvgIpc) is 3.11. The molecule has 1 aromatic heterocycles. The van der Waals surface area contributed by atoms with E-state index in [1.54, 1.807) is 26.1 Å². The molecule has 1 amide bonds. The molecule has 1 aliphatic rings. The van der Waals surface area contributed by atoms with Gasteiger partial charge in [-0.3, -0.25) is 9.78 Å². The lowest BCUT2D eigenvalue weighted by atomic mass is 9.91. The number of aliphatic imine (C=N–C) groups is 1. The lowest BCUT2D eigenvalue weighted by molar-refractivity contribution is -0.134. The summed E-state index contributed by atoms with van der Waals surface area (Å²) in [6.07, 6.45) is 1.59. The molecular formula is C22H25F2N3O4. The largest absolute Gasteiger partial charge is 0.475 e. The van der Waals surface area contributed by atoms with Gasteiger partial charge >= 0.3 is 6.61 Å². The van der Waals surface area contributed by atoms with Crippen molar-refractivity contribution in [2.45, 2.75) is 45.1 Å². The van der Waals surface area contributed by atoms with Crippen molar-refractivity contribution < 1.29 is 28.2 Å². The molecule has 0 aliphatic carbocycles. The highest BCUT2D eigenvalue weighted by molar-refractivity contribution is 5.97. The van der Waals surface area contributed by atoms with Crippen molar-refractivity contribution in [3.63, 3.8) is 0 Å². The molecule has 0 saturated heterocycles. The van der Waals surface area contributed by atoms with Gasteiger partial charge in [0, 0.05) is 6.20 Å². The number of fused-ring (bicyclic) bond motifs is 1. The Morgan fingerprint density at radius 2 is 2.00 bits per heavy atom. The summed E-state index contributed by atoms with van der Waals surface area (Å²) in [5.74, 6) is 0.0468. The maximum absolute atomic E-state index is 12.6. The molecule has 0 unspecified atom stereocenters. The molecule has 3 rings (SSSR count). The number of hydrogen-bond donors (Lipinski definition) is 2. The number of aliphatic hydroxyl groups is 1. The fourth-order valence-corrected chi connectivity index (χ4v) is 3.30. The maximum Gasteiger partial charge on any atom is 0.345 e. The van der Waals surface area contributed by atoms with E-state index >= 15 is 0 Å². The number of hydrogen-bond acceptors (Lipinski definition) is 6. The molecule has 0 fully saturated rings. The zero-order valence-corrected chi connectivity index (χ0v) is 17.3. The van der Waals surface area contributed by atoms with Crippen LogP contribution >= 0.6 is 0 Å². The summed E-state index contributed by atoms with van der Waals surface area (Å²) in [5, 5.41) is 13.4. The minimum Gasteiger partial charge on any atom is -0.475 e. The Morgan fingerprint density at radius 3 is 2.68 bits per heavy atom. The summed E-state index contributed by atoms with van der Waals surface area (Å²) >= 11 is 0. The topological polar surface area (TPSA) is 93.0 Å². The highest BCUT2D eigenvalue weighted by Crippen LogP contribution is 2.25. The zero-order valence-electron chi connectivity index (χ0n) is 17.3. The van der Waals surface area contributed by atoms with Crippen LogP contribution in [0.4, 0.5) is 8.78 Å². The smallest absolute Gasteiger partial charge is 0.345 e. The van der Waals surface area contributed by atoms with E-state index in [9.17, 15) is 18.7 Å². The third-order valence-electron chi connectivity index (χ3n) is 4.72. The van der Waals surface area contributed by atoms with Crippen molar-refractivity contribution in [2.75, 3.05) is 13.2 Å². The summed E-state index contributed by atoms with van der Waals surface area (Å²) in [7, 11) is 0. The van der Waals surface area contributed by atoms with E-state index in [1.807, 2.05) is 30.3 Å². The van der Waals surface area contributed by atoms with E-state index in [0.717, 1.165) is 11.1 Å². The second kappa shape index (κ2) is 9.93. The summed E-state index contributed by atoms with van der Waals surface area (Å²) in [6, 6.07) is 10.5. The molecule has 1 aliphatic heterocycles. The normalized spacial score (nSPS) is 14.2. The molecule has 166 valence electrons. The van der Waals surface area contributed by atoms with E-state index in [1.165, 1.54) is 0 Å². The maximum atomic E-state index is 12.6. The lowest BCUT2D eigenvalue weighted by Gasteiger charge is -2.30. The van der Waals surface area contributed by atoms with Crippen molar-refractivity contribution in [1.82, 2.24) is 10.3 Å². The number of alkyl halides is 2. The van der Waals surface area contributed by atoms with Gasteiger partial charge in [-0.15, -0.1) is 0 Å². The molecule has 9 heteroatoms. The first-order valence-electron chi connectivity index (χ1n) is 9.86. The van der Waals surface area contributed by atoms with Crippen LogP contribution in [0.5, 0.6) is 0 Å². The third-order valence-corrected chi connectivity index (χ3v) is 4.72. The number of nitrogens with one attached hydrogen (secondary N) is 1. The Labute approximate surface area is 179 Å². The van der Waals surface area contributed by atoms with Gasteiger partial charge in [0.1, 0.15) is 6.61 Å². The minimum atomic E-state index is -2.84. The number of rotatable bonds is 9. The number of benzene rings is 1. The van der Waals surface area contributed by atoms with E-state index in [4.69, 9.17) is 4.74 Å². The Hall–Kier alpha value is -2.91. The van der Waals surface area contributed by atoms with E-state index in [-0.39, 0.29) is 25.5 Å². The molecule has 2 aromatic rings. The fourth-order valence-electron chi connectivity index (χ4n) is 3.30. The molecule has 7 nitrogen and oxygen atoms in total. The highest BCUT2D eigenvalue weighted by Gasteiger charge is 2.30. The number of carbonyl (C=O) groups is 1. The van der Waals surface area contributed by atoms with Crippen LogP contribution in [0.15, 0.2) is 47.6 Å². The number of amides is 1. The van der Waals surface area contributed by atoms with E-state index in [2.05, 4.69) is 20.0 Å². The van der Waals surface area contributed by atoms with Crippen molar-refractivity contribution in [1.29, 1.82) is 0 Å². The number of aromatic nitrogens is 1. The molecule has 2 heterocycles. The van der Waals surface area contributed by atoms with Crippen LogP contribution in [-0.4, -0.2) is 47.3 Å². The monoisotopic (exact) mass is 433 g/mol. The Kier molecular flexibility index (Phi) is 7.29. The van der Waals surface area contributed by atoms with Gasteiger partial charge in [0.15, 0.2) is 0 Å². The Balaban J connectivity index is 1.60. The summed E-state index contributed by atoms with van der Waals surface area (Å²) in [6.45, 7) is 0.503. The molecule has 0 spiro atoms. The van der Waals surface area contributed by atoms with Crippen molar-refractivity contribution in [3.8, 4) is 0 Å². The van der Waals surface area contributed by atoms with Gasteiger partial charge in [0.2, 0.25) is 11.8 Å². The van der Waals surface area contributed by atoms with Gasteiger partial charge in [0.05, 0.1) is 42.5 Å². The highest BCUT2D eigenvalue weighted by atomic mass is 19.3. The quantitative estimate of drug-likeness (QED) is 0.594. The van der Waals surface area contributed by atoms with Crippen LogP contribution in [0.2, 0.25) is 0 Å². The van der Waals surface area contributed by atoms with E-state index in [0.29, 0.717) is 23.7 Å². The number of halogens is 2. The minimum absolute atomic E-state index is 0.0328. The first-order chi connectivity index (χ1) is 14.7. The van der Waals surface area contributed by atoms with Crippen LogP contribution in [0, 0.1) is 0 Å². The molecule has 2 N–H and O–H groups in total. The van der Waals surface area contributed by atoms with Gasteiger partial charge < -0.3 is 19.9 Å². The third kappa shape index (κ3) is 6.28. The van der Waals surface area contributed by atoms with Crippen LogP contribution in [-0.2, 0) is 27.2 Å². The molecule has 0 radical (unpaired) electrons. The van der Waals surface area contributed by atoms with Crippen LogP contribution in [0.3, 0.4) is 0 Å². The van der Waals surface area contributed by atoms with Gasteiger partial charge in [-0.2, -0.15) is 8.78 Å². The molecule has 1 aromatic carbocycles. The van der Waals surface area contributed by atoms with Gasteiger partial charge in [-0.25, -0.2) is 4.99 Å². The SMILES string of the molecule is CC(C)(O)[C@@H](NC(=O)Cc1cc2c(cn1)C(OCCOC(F)F)=NC2)c1ccccc1. The van der Waals surface area contributed by atoms with Gasteiger partial charge in [-0.1, -0.05) is 30.3 Å². The Bertz CT molecular complexity index is 930. The zero-order chi connectivity index (χ0) is 22.4. The van der Waals surface area contributed by atoms with E-state index < -0.39 is 18.3 Å². The predicted molar refractivity (Wildman–Crippen MR) is 110 cm³/mol. The predicted octanol–water partition coefficient (Wildman–Crippen LogP) is 2.77. The number of carbonyl (C=O) groups excluding carboxylic acids is 1. The first kappa shape index (κ1) is 22.8. The number of ether oxygens (including phenoxy) is 2. The summed E-state index contributed by atoms with van der Waals surface area (Å²) in [4.78, 5) is 21.2. The Morgan fingerprint density at radius 1 is 1.26 bits per heavy atom. The second-order valence-corrected chi connectivity index (χ2v) is 7.68. The number of pyridine rings is 1. The van der Waals surface area contributed by atoms with Crippen LogP contribution in [0.25, 0.3) is 0 Å². The number of nitrogens with zero attached hydrogens (tertiary/aromatic N) is 2. The molecular weight excluding hydrogens is 408 g/mol. The van der Waals surface area contributed by atoms with Crippen molar-refractivity contribution >= 4 is 11.8 Å². The molecule has 1 atom stereocenters. The van der Waals surface area contributed by atoms with Crippen molar-refractivity contribution in [3.05, 3.63) is 65.0 Å². The van der Waals surface area contributed by atoms with Crippen molar-refractivity contribution in [2.24, 2.45) is 4.99 Å². The van der Waals surface area contributed by atoms with Crippen LogP contribution in [0.1, 0.15) is 42.3 Å². The van der Waals surface area contributed by atoms with Crippen LogP contribution < -0.4 is 5.32 Å². The standard InChI is InChI=1S/C22H25F2N3O4/c1-22(2,29)19(14-6-4-3-5-7-14)27-18(28)11-16-10-15-12-26-20(17(15)13-25-16)30-8-9-31-21(23)24/h3-7,10,13,19,21,29H,8-9,11-12H2,1-2H3,(H,27,28)/t19-/m0/s1. The fraction of sp³-hybridized carbons (Fsp3) is 0.409. The summed E-state index contributed by atoms with van der Waals surface area (Å²) < 4.78 is 33.5. The van der Waals surface area contributed by atoms with Gasteiger partial charge in [-0.05, 0) is 31.0 Å². The lowest BCUT2D eigenvalue weighted by Crippen LogP contribution is -2.42.